The fourth-order valence-electron chi connectivity index (χ4n) is 2.07. The van der Waals surface area contributed by atoms with Crippen LogP contribution in [0.5, 0.6) is 0 Å². The molecule has 1 aliphatic rings. The Bertz CT molecular complexity index is 515. The summed E-state index contributed by atoms with van der Waals surface area (Å²) in [5.41, 5.74) is 6.15. The minimum atomic E-state index is 0.205. The maximum atomic E-state index is 5.64. The summed E-state index contributed by atoms with van der Waals surface area (Å²) in [5, 5.41) is 10.5. The number of aromatic nitrogens is 4. The van der Waals surface area contributed by atoms with Crippen LogP contribution in [0.4, 0.5) is 5.82 Å². The normalized spacial score (nSPS) is 20.1. The molecule has 1 aliphatic heterocycles. The quantitative estimate of drug-likeness (QED) is 0.845. The minimum absolute atomic E-state index is 0.205. The Labute approximate surface area is 104 Å². The van der Waals surface area contributed by atoms with E-state index >= 15 is 0 Å². The van der Waals surface area contributed by atoms with E-state index in [1.807, 2.05) is 0 Å². The van der Waals surface area contributed by atoms with Crippen LogP contribution in [-0.2, 0) is 11.2 Å². The second-order valence-corrected chi connectivity index (χ2v) is 4.41. The molecular formula is C11H15N5O2. The Balaban J connectivity index is 1.69. The molecule has 1 atom stereocenters. The first-order valence-electron chi connectivity index (χ1n) is 6.07. The summed E-state index contributed by atoms with van der Waals surface area (Å²) in [6.07, 6.45) is 4.29. The molecule has 3 heterocycles. The maximum absolute atomic E-state index is 5.64. The van der Waals surface area contributed by atoms with Gasteiger partial charge < -0.3 is 15.0 Å². The minimum Gasteiger partial charge on any atom is -0.382 e. The van der Waals surface area contributed by atoms with Crippen LogP contribution < -0.4 is 5.73 Å². The zero-order valence-corrected chi connectivity index (χ0v) is 9.93. The summed E-state index contributed by atoms with van der Waals surface area (Å²) in [4.78, 5) is 4.30. The monoisotopic (exact) mass is 249 g/mol. The number of aromatic amines is 1. The topological polar surface area (TPSA) is 103 Å². The van der Waals surface area contributed by atoms with Gasteiger partial charge in [-0.25, -0.2) is 0 Å². The second kappa shape index (κ2) is 4.77. The molecule has 0 spiro atoms. The van der Waals surface area contributed by atoms with Gasteiger partial charge in [0.2, 0.25) is 0 Å². The molecule has 3 N–H and O–H groups in total. The van der Waals surface area contributed by atoms with Crippen LogP contribution in [0.2, 0.25) is 0 Å². The van der Waals surface area contributed by atoms with E-state index in [1.165, 1.54) is 6.42 Å². The summed E-state index contributed by atoms with van der Waals surface area (Å²) < 4.78 is 10.8. The first kappa shape index (κ1) is 11.2. The molecule has 0 saturated carbocycles. The summed E-state index contributed by atoms with van der Waals surface area (Å²) in [6, 6.07) is 1.66. The zero-order chi connectivity index (χ0) is 12.4. The molecule has 0 radical (unpaired) electrons. The lowest BCUT2D eigenvalue weighted by Gasteiger charge is -2.20. The van der Waals surface area contributed by atoms with Gasteiger partial charge >= 0.3 is 0 Å². The predicted octanol–water partition coefficient (Wildman–Crippen LogP) is 1.15. The number of ether oxygens (including phenoxy) is 1. The number of rotatable bonds is 3. The molecule has 2 aromatic heterocycles. The van der Waals surface area contributed by atoms with Gasteiger partial charge in [0.1, 0.15) is 11.5 Å². The molecule has 1 unspecified atom stereocenters. The third kappa shape index (κ3) is 2.35. The molecule has 0 aromatic carbocycles. The molecule has 0 bridgehead atoms. The van der Waals surface area contributed by atoms with Crippen LogP contribution in [0.15, 0.2) is 10.6 Å². The van der Waals surface area contributed by atoms with Gasteiger partial charge in [0.05, 0.1) is 6.10 Å². The highest BCUT2D eigenvalue weighted by molar-refractivity contribution is 5.51. The Morgan fingerprint density at radius 3 is 3.11 bits per heavy atom. The predicted molar refractivity (Wildman–Crippen MR) is 63.6 cm³/mol. The van der Waals surface area contributed by atoms with Crippen molar-refractivity contribution < 1.29 is 9.26 Å². The Morgan fingerprint density at radius 1 is 1.44 bits per heavy atom. The van der Waals surface area contributed by atoms with Gasteiger partial charge in [-0.3, -0.25) is 5.10 Å². The molecule has 7 nitrogen and oxygen atoms in total. The molecule has 96 valence electrons. The largest absolute Gasteiger partial charge is 0.382 e. The van der Waals surface area contributed by atoms with Gasteiger partial charge in [-0.15, -0.1) is 0 Å². The average molecular weight is 249 g/mol. The van der Waals surface area contributed by atoms with Crippen molar-refractivity contribution in [3.05, 3.63) is 11.9 Å². The highest BCUT2D eigenvalue weighted by Gasteiger charge is 2.18. The molecule has 0 amide bonds. The van der Waals surface area contributed by atoms with E-state index in [-0.39, 0.29) is 6.10 Å². The first-order valence-corrected chi connectivity index (χ1v) is 6.07. The molecular weight excluding hydrogens is 234 g/mol. The lowest BCUT2D eigenvalue weighted by molar-refractivity contribution is 0.0153. The number of nitrogens with one attached hydrogen (secondary N) is 1. The van der Waals surface area contributed by atoms with Gasteiger partial charge in [0.25, 0.3) is 5.89 Å². The molecule has 3 rings (SSSR count). The van der Waals surface area contributed by atoms with Crippen molar-refractivity contribution in [1.29, 1.82) is 0 Å². The standard InChI is InChI=1S/C11H15N5O2/c12-9-6-8(14-15-9)11-13-10(16-18-11)5-7-3-1-2-4-17-7/h6-7H,1-5H2,(H3,12,14,15). The van der Waals surface area contributed by atoms with E-state index in [0.29, 0.717) is 29.6 Å². The van der Waals surface area contributed by atoms with E-state index in [1.54, 1.807) is 6.07 Å². The fraction of sp³-hybridized carbons (Fsp3) is 0.545. The van der Waals surface area contributed by atoms with Gasteiger partial charge in [-0.05, 0) is 19.3 Å². The van der Waals surface area contributed by atoms with Crippen molar-refractivity contribution in [2.75, 3.05) is 12.3 Å². The summed E-state index contributed by atoms with van der Waals surface area (Å²) >= 11 is 0. The third-order valence-corrected chi connectivity index (χ3v) is 2.98. The second-order valence-electron chi connectivity index (χ2n) is 4.41. The van der Waals surface area contributed by atoms with E-state index in [9.17, 15) is 0 Å². The van der Waals surface area contributed by atoms with Crippen LogP contribution in [0.25, 0.3) is 11.6 Å². The van der Waals surface area contributed by atoms with Crippen molar-refractivity contribution in [2.24, 2.45) is 0 Å². The number of nitrogens with two attached hydrogens (primary N) is 1. The van der Waals surface area contributed by atoms with E-state index in [4.69, 9.17) is 15.0 Å². The number of anilines is 1. The number of hydrogen-bond donors (Lipinski definition) is 2. The molecule has 0 aliphatic carbocycles. The Morgan fingerprint density at radius 2 is 2.39 bits per heavy atom. The number of nitrogen functional groups attached to an aromatic ring is 1. The van der Waals surface area contributed by atoms with Gasteiger partial charge in [0.15, 0.2) is 5.82 Å². The van der Waals surface area contributed by atoms with E-state index < -0.39 is 0 Å². The molecule has 1 fully saturated rings. The zero-order valence-electron chi connectivity index (χ0n) is 9.93. The summed E-state index contributed by atoms with van der Waals surface area (Å²) in [5.74, 6) is 1.47. The van der Waals surface area contributed by atoms with Crippen molar-refractivity contribution in [1.82, 2.24) is 20.3 Å². The van der Waals surface area contributed by atoms with Crippen LogP contribution in [-0.4, -0.2) is 33.0 Å². The van der Waals surface area contributed by atoms with Crippen molar-refractivity contribution in [2.45, 2.75) is 31.8 Å². The molecule has 7 heteroatoms. The van der Waals surface area contributed by atoms with E-state index in [2.05, 4.69) is 20.3 Å². The molecule has 2 aromatic rings. The molecule has 1 saturated heterocycles. The highest BCUT2D eigenvalue weighted by Crippen LogP contribution is 2.19. The Kier molecular flexibility index (Phi) is 2.97. The Hall–Kier alpha value is -1.89. The number of H-pyrrole nitrogens is 1. The third-order valence-electron chi connectivity index (χ3n) is 2.98. The van der Waals surface area contributed by atoms with E-state index in [0.717, 1.165) is 19.4 Å². The summed E-state index contributed by atoms with van der Waals surface area (Å²) in [6.45, 7) is 0.826. The number of hydrogen-bond acceptors (Lipinski definition) is 6. The fourth-order valence-corrected chi connectivity index (χ4v) is 2.07. The SMILES string of the molecule is Nc1cc(-c2nc(CC3CCCCO3)no2)[nH]n1. The van der Waals surface area contributed by atoms with Crippen LogP contribution in [0.1, 0.15) is 25.1 Å². The van der Waals surface area contributed by atoms with Crippen molar-refractivity contribution >= 4 is 5.82 Å². The maximum Gasteiger partial charge on any atom is 0.276 e. The van der Waals surface area contributed by atoms with Crippen molar-refractivity contribution in [3.63, 3.8) is 0 Å². The summed E-state index contributed by atoms with van der Waals surface area (Å²) in [7, 11) is 0. The van der Waals surface area contributed by atoms with Gasteiger partial charge in [-0.2, -0.15) is 10.1 Å². The molecule has 18 heavy (non-hydrogen) atoms. The van der Waals surface area contributed by atoms with Crippen LogP contribution in [0.3, 0.4) is 0 Å². The van der Waals surface area contributed by atoms with Crippen molar-refractivity contribution in [3.8, 4) is 11.6 Å². The van der Waals surface area contributed by atoms with Gasteiger partial charge in [-0.1, -0.05) is 5.16 Å². The highest BCUT2D eigenvalue weighted by atomic mass is 16.5. The average Bonchev–Trinajstić information content (AvgIpc) is 2.99. The smallest absolute Gasteiger partial charge is 0.276 e. The van der Waals surface area contributed by atoms with Crippen LogP contribution in [0, 0.1) is 0 Å². The number of nitrogens with zero attached hydrogens (tertiary/aromatic N) is 3. The lowest BCUT2D eigenvalue weighted by atomic mass is 10.1. The van der Waals surface area contributed by atoms with Gasteiger partial charge in [0, 0.05) is 19.1 Å². The first-order chi connectivity index (χ1) is 8.81. The lowest BCUT2D eigenvalue weighted by Crippen LogP contribution is -2.21. The van der Waals surface area contributed by atoms with Crippen LogP contribution >= 0.6 is 0 Å².